The van der Waals surface area contributed by atoms with Crippen LogP contribution in [-0.4, -0.2) is 0 Å². The normalized spacial score (nSPS) is 16.6. The van der Waals surface area contributed by atoms with Crippen molar-refractivity contribution in [3.05, 3.63) is 240 Å². The Morgan fingerprint density at radius 2 is 1.06 bits per heavy atom. The summed E-state index contributed by atoms with van der Waals surface area (Å²) in [5.41, 5.74) is 17.9. The predicted molar refractivity (Wildman–Crippen MR) is 229 cm³/mol. The van der Waals surface area contributed by atoms with Crippen molar-refractivity contribution >= 4 is 22.6 Å². The average Bonchev–Trinajstić information content (AvgIpc) is 3.64. The molecule has 0 spiro atoms. The van der Waals surface area contributed by atoms with Crippen LogP contribution in [0.5, 0.6) is 0 Å². The van der Waals surface area contributed by atoms with E-state index < -0.39 is 5.41 Å². The molecule has 0 N–H and O–H groups in total. The molecule has 0 bridgehead atoms. The summed E-state index contributed by atoms with van der Waals surface area (Å²) in [5.74, 6) is 0. The fourth-order valence-corrected chi connectivity index (χ4v) is 9.27. The Hall–Kier alpha value is -6.44. The average molecular weight is 694 g/mol. The highest BCUT2D eigenvalue weighted by Crippen LogP contribution is 2.56. The van der Waals surface area contributed by atoms with Crippen LogP contribution in [0.2, 0.25) is 0 Å². The molecule has 0 aliphatic heterocycles. The van der Waals surface area contributed by atoms with Gasteiger partial charge < -0.3 is 4.90 Å². The standard InChI is InChI=1S/C53H43N/c1-5-19-43-45-26-14-17-28-49(45)53(47(43)6-2,38-22-11-8-12-23-38)39-30-32-40(33-31-39)54(51-29-18-15-24-42(51)37-20-9-7-10-21-37)41-34-35-46-44-25-13-16-27-48(44)52(3,4)50(46)36-41/h5-36H,2H2,1,3-4H3/b19-5-. The first-order chi connectivity index (χ1) is 26.5. The van der Waals surface area contributed by atoms with E-state index >= 15 is 0 Å². The van der Waals surface area contributed by atoms with Crippen molar-refractivity contribution in [3.63, 3.8) is 0 Å². The molecule has 7 aromatic carbocycles. The maximum atomic E-state index is 4.42. The smallest absolute Gasteiger partial charge is 0.0713 e. The summed E-state index contributed by atoms with van der Waals surface area (Å²) in [4.78, 5) is 2.44. The Bertz CT molecular complexity index is 2590. The minimum Gasteiger partial charge on any atom is -0.310 e. The molecule has 2 aliphatic rings. The van der Waals surface area contributed by atoms with E-state index in [2.05, 4.69) is 226 Å². The summed E-state index contributed by atoms with van der Waals surface area (Å²) in [5, 5.41) is 0. The Kier molecular flexibility index (Phi) is 8.17. The third kappa shape index (κ3) is 5.00. The van der Waals surface area contributed by atoms with Crippen molar-refractivity contribution in [3.8, 4) is 22.3 Å². The van der Waals surface area contributed by atoms with Gasteiger partial charge in [-0.25, -0.2) is 0 Å². The molecule has 0 fully saturated rings. The Morgan fingerprint density at radius 3 is 1.76 bits per heavy atom. The molecule has 1 nitrogen and oxygen atoms in total. The van der Waals surface area contributed by atoms with Crippen LogP contribution in [0.1, 0.15) is 54.2 Å². The van der Waals surface area contributed by atoms with Gasteiger partial charge in [-0.15, -0.1) is 0 Å². The van der Waals surface area contributed by atoms with E-state index in [0.29, 0.717) is 0 Å². The monoisotopic (exact) mass is 693 g/mol. The van der Waals surface area contributed by atoms with Gasteiger partial charge in [-0.1, -0.05) is 184 Å². The molecule has 0 amide bonds. The maximum absolute atomic E-state index is 4.42. The first-order valence-electron chi connectivity index (χ1n) is 18.9. The van der Waals surface area contributed by atoms with E-state index in [1.54, 1.807) is 0 Å². The maximum Gasteiger partial charge on any atom is 0.0713 e. The second kappa shape index (κ2) is 13.2. The fourth-order valence-electron chi connectivity index (χ4n) is 9.27. The first kappa shape index (κ1) is 33.4. The zero-order chi connectivity index (χ0) is 36.9. The van der Waals surface area contributed by atoms with E-state index in [9.17, 15) is 0 Å². The number of hydrogen-bond donors (Lipinski definition) is 0. The largest absolute Gasteiger partial charge is 0.310 e. The predicted octanol–water partition coefficient (Wildman–Crippen LogP) is 14.0. The molecular formula is C53H43N. The third-order valence-corrected chi connectivity index (χ3v) is 11.7. The van der Waals surface area contributed by atoms with Crippen molar-refractivity contribution in [1.29, 1.82) is 0 Å². The highest BCUT2D eigenvalue weighted by atomic mass is 15.1. The second-order valence-corrected chi connectivity index (χ2v) is 14.9. The Morgan fingerprint density at radius 1 is 0.500 bits per heavy atom. The number of hydrogen-bond acceptors (Lipinski definition) is 1. The Balaban J connectivity index is 1.27. The molecule has 0 heterocycles. The lowest BCUT2D eigenvalue weighted by Gasteiger charge is -2.35. The lowest BCUT2D eigenvalue weighted by molar-refractivity contribution is 0.660. The Labute approximate surface area is 319 Å². The molecule has 0 saturated carbocycles. The molecule has 0 saturated heterocycles. The molecule has 1 heteroatoms. The van der Waals surface area contributed by atoms with Gasteiger partial charge in [0, 0.05) is 22.4 Å². The quantitative estimate of drug-likeness (QED) is 0.153. The van der Waals surface area contributed by atoms with Crippen LogP contribution in [0.3, 0.4) is 0 Å². The van der Waals surface area contributed by atoms with Crippen LogP contribution in [0.15, 0.2) is 206 Å². The summed E-state index contributed by atoms with van der Waals surface area (Å²) >= 11 is 0. The van der Waals surface area contributed by atoms with E-state index in [-0.39, 0.29) is 5.41 Å². The highest BCUT2D eigenvalue weighted by Gasteiger charge is 2.46. The van der Waals surface area contributed by atoms with E-state index in [1.165, 1.54) is 66.8 Å². The van der Waals surface area contributed by atoms with Crippen molar-refractivity contribution in [2.24, 2.45) is 0 Å². The van der Waals surface area contributed by atoms with Crippen molar-refractivity contribution in [1.82, 2.24) is 0 Å². The van der Waals surface area contributed by atoms with Crippen LogP contribution >= 0.6 is 0 Å². The van der Waals surface area contributed by atoms with Gasteiger partial charge in [-0.2, -0.15) is 0 Å². The van der Waals surface area contributed by atoms with Gasteiger partial charge in [-0.05, 0) is 98.5 Å². The summed E-state index contributed by atoms with van der Waals surface area (Å²) in [7, 11) is 0. The lowest BCUT2D eigenvalue weighted by Crippen LogP contribution is -2.29. The van der Waals surface area contributed by atoms with Crippen LogP contribution in [0.4, 0.5) is 17.1 Å². The van der Waals surface area contributed by atoms with E-state index in [4.69, 9.17) is 0 Å². The summed E-state index contributed by atoms with van der Waals surface area (Å²) in [6, 6.07) is 64.5. The van der Waals surface area contributed by atoms with Gasteiger partial charge in [0.1, 0.15) is 0 Å². The fraction of sp³-hybridized carbons (Fsp3) is 0.0943. The lowest BCUT2D eigenvalue weighted by atomic mass is 9.67. The molecule has 1 unspecified atom stereocenters. The molecule has 0 aromatic heterocycles. The van der Waals surface area contributed by atoms with Crippen LogP contribution in [0.25, 0.3) is 27.8 Å². The number of rotatable bonds is 8. The SMILES string of the molecule is C=CC1=C(/C=C\C)c2ccccc2C1(c1ccccc1)c1ccc(N(c2ccc3c(c2)C(C)(C)c2ccccc2-3)c2ccccc2-c2ccccc2)cc1. The van der Waals surface area contributed by atoms with E-state index in [1.807, 2.05) is 0 Å². The summed E-state index contributed by atoms with van der Waals surface area (Å²) < 4.78 is 0. The number of fused-ring (bicyclic) bond motifs is 4. The van der Waals surface area contributed by atoms with Gasteiger partial charge in [-0.3, -0.25) is 0 Å². The minimum absolute atomic E-state index is 0.119. The first-order valence-corrected chi connectivity index (χ1v) is 18.9. The van der Waals surface area contributed by atoms with Crippen LogP contribution in [0, 0.1) is 0 Å². The molecule has 260 valence electrons. The zero-order valence-electron chi connectivity index (χ0n) is 31.1. The number of benzene rings is 7. The van der Waals surface area contributed by atoms with Gasteiger partial charge >= 0.3 is 0 Å². The number of anilines is 3. The third-order valence-electron chi connectivity index (χ3n) is 11.7. The molecule has 0 radical (unpaired) electrons. The van der Waals surface area contributed by atoms with Crippen molar-refractivity contribution < 1.29 is 0 Å². The highest BCUT2D eigenvalue weighted by molar-refractivity contribution is 5.93. The van der Waals surface area contributed by atoms with E-state index in [0.717, 1.165) is 17.1 Å². The van der Waals surface area contributed by atoms with Crippen molar-refractivity contribution in [2.75, 3.05) is 4.90 Å². The molecule has 2 aliphatic carbocycles. The second-order valence-electron chi connectivity index (χ2n) is 14.9. The van der Waals surface area contributed by atoms with Crippen LogP contribution in [-0.2, 0) is 10.8 Å². The van der Waals surface area contributed by atoms with Gasteiger partial charge in [0.15, 0.2) is 0 Å². The van der Waals surface area contributed by atoms with Crippen molar-refractivity contribution in [2.45, 2.75) is 31.6 Å². The number of allylic oxidation sites excluding steroid dienone is 5. The topological polar surface area (TPSA) is 3.24 Å². The summed E-state index contributed by atoms with van der Waals surface area (Å²) in [6.07, 6.45) is 6.45. The zero-order valence-corrected chi connectivity index (χ0v) is 31.1. The van der Waals surface area contributed by atoms with Crippen LogP contribution < -0.4 is 4.90 Å². The van der Waals surface area contributed by atoms with Gasteiger partial charge in [0.05, 0.1) is 11.1 Å². The number of para-hydroxylation sites is 1. The molecule has 54 heavy (non-hydrogen) atoms. The molecule has 9 rings (SSSR count). The molecular weight excluding hydrogens is 651 g/mol. The summed E-state index contributed by atoms with van der Waals surface area (Å²) in [6.45, 7) is 11.2. The van der Waals surface area contributed by atoms with Gasteiger partial charge in [0.2, 0.25) is 0 Å². The molecule has 1 atom stereocenters. The minimum atomic E-state index is -0.525. The van der Waals surface area contributed by atoms with Gasteiger partial charge in [0.25, 0.3) is 0 Å². The molecule has 7 aromatic rings. The number of nitrogens with zero attached hydrogens (tertiary/aromatic N) is 1.